The lowest BCUT2D eigenvalue weighted by Crippen LogP contribution is -2.59. The highest BCUT2D eigenvalue weighted by Crippen LogP contribution is 2.25. The van der Waals surface area contributed by atoms with Gasteiger partial charge in [0.1, 0.15) is 0 Å². The minimum Gasteiger partial charge on any atom is -0.314 e. The summed E-state index contributed by atoms with van der Waals surface area (Å²) in [4.78, 5) is 1.96. The van der Waals surface area contributed by atoms with Crippen molar-refractivity contribution in [2.75, 3.05) is 26.2 Å². The maximum atomic E-state index is 12.1. The number of hydrogen-bond donors (Lipinski definition) is 1. The van der Waals surface area contributed by atoms with Crippen LogP contribution < -0.4 is 5.32 Å². The Morgan fingerprint density at radius 2 is 2.07 bits per heavy atom. The molecule has 90 valence electrons. The lowest BCUT2D eigenvalue weighted by atomic mass is 9.94. The zero-order chi connectivity index (χ0) is 11.5. The molecule has 1 aliphatic rings. The van der Waals surface area contributed by atoms with E-state index in [0.717, 1.165) is 19.5 Å². The van der Waals surface area contributed by atoms with Gasteiger partial charge in [0.15, 0.2) is 0 Å². The molecule has 5 heteroatoms. The SMILES string of the molecule is CCC1(C)CNCCN1CCC(F)(F)F. The van der Waals surface area contributed by atoms with Gasteiger partial charge in [-0.1, -0.05) is 6.92 Å². The van der Waals surface area contributed by atoms with Crippen molar-refractivity contribution in [2.24, 2.45) is 0 Å². The second-order valence-corrected chi connectivity index (χ2v) is 4.38. The van der Waals surface area contributed by atoms with E-state index in [1.54, 1.807) is 0 Å². The number of nitrogens with one attached hydrogen (secondary N) is 1. The highest BCUT2D eigenvalue weighted by atomic mass is 19.4. The van der Waals surface area contributed by atoms with E-state index in [1.165, 1.54) is 0 Å². The van der Waals surface area contributed by atoms with Gasteiger partial charge in [0.2, 0.25) is 0 Å². The molecule has 0 amide bonds. The molecule has 1 atom stereocenters. The van der Waals surface area contributed by atoms with Crippen LogP contribution in [-0.2, 0) is 0 Å². The number of alkyl halides is 3. The van der Waals surface area contributed by atoms with Crippen LogP contribution in [0.4, 0.5) is 13.2 Å². The summed E-state index contributed by atoms with van der Waals surface area (Å²) in [5.74, 6) is 0. The van der Waals surface area contributed by atoms with Gasteiger partial charge in [0, 0.05) is 31.7 Å². The maximum absolute atomic E-state index is 12.1. The van der Waals surface area contributed by atoms with Gasteiger partial charge in [0.25, 0.3) is 0 Å². The van der Waals surface area contributed by atoms with E-state index < -0.39 is 12.6 Å². The van der Waals surface area contributed by atoms with E-state index in [0.29, 0.717) is 6.54 Å². The molecule has 0 aromatic heterocycles. The van der Waals surface area contributed by atoms with Crippen LogP contribution >= 0.6 is 0 Å². The second kappa shape index (κ2) is 4.70. The van der Waals surface area contributed by atoms with Crippen molar-refractivity contribution in [3.05, 3.63) is 0 Å². The lowest BCUT2D eigenvalue weighted by molar-refractivity contribution is -0.141. The van der Waals surface area contributed by atoms with Crippen LogP contribution in [0.5, 0.6) is 0 Å². The Bertz CT molecular complexity index is 205. The quantitative estimate of drug-likeness (QED) is 0.789. The third kappa shape index (κ3) is 3.65. The Morgan fingerprint density at radius 1 is 1.40 bits per heavy atom. The van der Waals surface area contributed by atoms with Gasteiger partial charge >= 0.3 is 6.18 Å². The average molecular weight is 224 g/mol. The molecule has 0 spiro atoms. The molecule has 1 heterocycles. The normalized spacial score (nSPS) is 29.4. The number of piperazine rings is 1. The fraction of sp³-hybridized carbons (Fsp3) is 1.00. The van der Waals surface area contributed by atoms with Crippen molar-refractivity contribution in [3.63, 3.8) is 0 Å². The van der Waals surface area contributed by atoms with Crippen LogP contribution in [0.15, 0.2) is 0 Å². The van der Waals surface area contributed by atoms with Crippen LogP contribution in [0, 0.1) is 0 Å². The van der Waals surface area contributed by atoms with Crippen LogP contribution in [-0.4, -0.2) is 42.8 Å². The van der Waals surface area contributed by atoms with Gasteiger partial charge in [-0.2, -0.15) is 13.2 Å². The summed E-state index contributed by atoms with van der Waals surface area (Å²) in [5, 5.41) is 3.23. The van der Waals surface area contributed by atoms with Gasteiger partial charge in [-0.05, 0) is 13.3 Å². The monoisotopic (exact) mass is 224 g/mol. The molecular weight excluding hydrogens is 205 g/mol. The smallest absolute Gasteiger partial charge is 0.314 e. The van der Waals surface area contributed by atoms with E-state index in [2.05, 4.69) is 5.32 Å². The first-order valence-corrected chi connectivity index (χ1v) is 5.40. The number of rotatable bonds is 3. The molecule has 2 nitrogen and oxygen atoms in total. The van der Waals surface area contributed by atoms with Gasteiger partial charge in [0.05, 0.1) is 6.42 Å². The fourth-order valence-electron chi connectivity index (χ4n) is 1.95. The Hall–Kier alpha value is -0.290. The van der Waals surface area contributed by atoms with E-state index in [4.69, 9.17) is 0 Å². The van der Waals surface area contributed by atoms with Crippen LogP contribution in [0.1, 0.15) is 26.7 Å². The van der Waals surface area contributed by atoms with Crippen molar-refractivity contribution in [1.82, 2.24) is 10.2 Å². The van der Waals surface area contributed by atoms with Crippen LogP contribution in [0.25, 0.3) is 0 Å². The molecule has 1 aliphatic heterocycles. The molecule has 1 fully saturated rings. The summed E-state index contributed by atoms with van der Waals surface area (Å²) in [7, 11) is 0. The molecule has 0 aliphatic carbocycles. The van der Waals surface area contributed by atoms with E-state index in [-0.39, 0.29) is 12.1 Å². The lowest BCUT2D eigenvalue weighted by Gasteiger charge is -2.45. The summed E-state index contributed by atoms with van der Waals surface area (Å²) >= 11 is 0. The number of halogens is 3. The first kappa shape index (κ1) is 12.8. The summed E-state index contributed by atoms with van der Waals surface area (Å²) in [6.07, 6.45) is -3.88. The molecule has 1 saturated heterocycles. The van der Waals surface area contributed by atoms with E-state index in [1.807, 2.05) is 18.7 Å². The molecule has 0 aromatic rings. The van der Waals surface area contributed by atoms with Crippen molar-refractivity contribution < 1.29 is 13.2 Å². The first-order valence-electron chi connectivity index (χ1n) is 5.40. The third-order valence-corrected chi connectivity index (χ3v) is 3.25. The van der Waals surface area contributed by atoms with E-state index >= 15 is 0 Å². The van der Waals surface area contributed by atoms with Crippen LogP contribution in [0.3, 0.4) is 0 Å². The predicted octanol–water partition coefficient (Wildman–Crippen LogP) is 2.01. The largest absolute Gasteiger partial charge is 0.390 e. The second-order valence-electron chi connectivity index (χ2n) is 4.38. The topological polar surface area (TPSA) is 15.3 Å². The molecule has 1 rings (SSSR count). The highest BCUT2D eigenvalue weighted by molar-refractivity contribution is 4.91. The molecule has 15 heavy (non-hydrogen) atoms. The van der Waals surface area contributed by atoms with Crippen LogP contribution in [0.2, 0.25) is 0 Å². The third-order valence-electron chi connectivity index (χ3n) is 3.25. The van der Waals surface area contributed by atoms with Gasteiger partial charge in [-0.3, -0.25) is 4.90 Å². The average Bonchev–Trinajstić information content (AvgIpc) is 2.15. The zero-order valence-corrected chi connectivity index (χ0v) is 9.32. The standard InChI is InChI=1S/C10H19F3N2/c1-3-9(2)8-14-5-7-15(9)6-4-10(11,12)13/h14H,3-8H2,1-2H3. The van der Waals surface area contributed by atoms with Crippen molar-refractivity contribution in [1.29, 1.82) is 0 Å². The Balaban J connectivity index is 2.50. The summed E-state index contributed by atoms with van der Waals surface area (Å²) in [6.45, 7) is 6.44. The number of nitrogens with zero attached hydrogens (tertiary/aromatic N) is 1. The summed E-state index contributed by atoms with van der Waals surface area (Å²) in [6, 6.07) is 0. The zero-order valence-electron chi connectivity index (χ0n) is 9.32. The van der Waals surface area contributed by atoms with Gasteiger partial charge < -0.3 is 5.32 Å². The van der Waals surface area contributed by atoms with Crippen molar-refractivity contribution in [2.45, 2.75) is 38.4 Å². The van der Waals surface area contributed by atoms with Crippen molar-refractivity contribution >= 4 is 0 Å². The van der Waals surface area contributed by atoms with Gasteiger partial charge in [-0.15, -0.1) is 0 Å². The Morgan fingerprint density at radius 3 is 2.60 bits per heavy atom. The highest BCUT2D eigenvalue weighted by Gasteiger charge is 2.35. The predicted molar refractivity (Wildman–Crippen MR) is 53.8 cm³/mol. The molecule has 0 radical (unpaired) electrons. The molecule has 0 bridgehead atoms. The molecule has 0 aromatic carbocycles. The Labute approximate surface area is 88.8 Å². The van der Waals surface area contributed by atoms with E-state index in [9.17, 15) is 13.2 Å². The minimum absolute atomic E-state index is 0.121. The first-order chi connectivity index (χ1) is 6.87. The molecular formula is C10H19F3N2. The maximum Gasteiger partial charge on any atom is 0.390 e. The molecule has 0 saturated carbocycles. The Kier molecular flexibility index (Phi) is 4.00. The summed E-state index contributed by atoms with van der Waals surface area (Å²) < 4.78 is 36.4. The summed E-state index contributed by atoms with van der Waals surface area (Å²) in [5.41, 5.74) is -0.122. The van der Waals surface area contributed by atoms with Gasteiger partial charge in [-0.25, -0.2) is 0 Å². The van der Waals surface area contributed by atoms with Crippen molar-refractivity contribution in [3.8, 4) is 0 Å². The molecule has 1 unspecified atom stereocenters. The fourth-order valence-corrected chi connectivity index (χ4v) is 1.95. The number of hydrogen-bond acceptors (Lipinski definition) is 2. The minimum atomic E-state index is -4.04. The molecule has 1 N–H and O–H groups in total.